The van der Waals surface area contributed by atoms with Gasteiger partial charge < -0.3 is 97.6 Å². The first-order valence-electron chi connectivity index (χ1n) is 31.1. The Labute approximate surface area is 546 Å². The van der Waals surface area contributed by atoms with Gasteiger partial charge in [0.25, 0.3) is 0 Å². The SMILES string of the molecule is C#CC(C)OCCOC.C=C(C)COCCOC.COCCCCCOC.COCCOCc1ccccn1.COCCOCc1cccnc1.[CH2-][NH2+]CCOC.[CH2-][NH2+]CCOC(C)(C)C.[CH2-][NH2+]CCOC(C)C.[CH2-][NH2+]CCOCC.[CH2-][NH2+]CCOCCC. The monoisotopic (exact) mass is 1280 g/mol. The van der Waals surface area contributed by atoms with Crippen LogP contribution in [0.3, 0.4) is 0 Å². The first kappa shape index (κ1) is 102. The van der Waals surface area contributed by atoms with Crippen molar-refractivity contribution in [3.63, 3.8) is 0 Å². The number of unbranched alkanes of at least 4 members (excludes halogenated alkanes) is 2. The summed E-state index contributed by atoms with van der Waals surface area (Å²) in [6.45, 7) is 40.9. The summed E-state index contributed by atoms with van der Waals surface area (Å²) in [5, 5.41) is 9.29. The van der Waals surface area contributed by atoms with Gasteiger partial charge in [-0.3, -0.25) is 9.97 Å². The topological polar surface area (TPSA) is 247 Å². The van der Waals surface area contributed by atoms with E-state index in [0.717, 1.165) is 128 Å². The van der Waals surface area contributed by atoms with E-state index in [2.05, 4.69) is 85.4 Å². The summed E-state index contributed by atoms with van der Waals surface area (Å²) in [6, 6.07) is 9.66. The summed E-state index contributed by atoms with van der Waals surface area (Å²) in [5.74, 6) is 2.45. The normalized spacial score (nSPS) is 10.3. The number of hydrogen-bond acceptors (Lipinski definition) is 17. The molecule has 0 saturated carbocycles. The minimum atomic E-state index is -0.0971. The molecule has 89 heavy (non-hydrogen) atoms. The number of hydrogen-bond donors (Lipinski definition) is 5. The fraction of sp³-hybridized carbons (Fsp3) is 0.716. The third-order valence-corrected chi connectivity index (χ3v) is 9.34. The van der Waals surface area contributed by atoms with Crippen molar-refractivity contribution >= 4 is 0 Å². The molecule has 0 aliphatic heterocycles. The first-order valence-corrected chi connectivity index (χ1v) is 31.1. The van der Waals surface area contributed by atoms with E-state index < -0.39 is 0 Å². The predicted molar refractivity (Wildman–Crippen MR) is 360 cm³/mol. The summed E-state index contributed by atoms with van der Waals surface area (Å²) >= 11 is 0. The van der Waals surface area contributed by atoms with Crippen molar-refractivity contribution in [2.45, 2.75) is 119 Å². The van der Waals surface area contributed by atoms with Crippen molar-refractivity contribution in [1.29, 1.82) is 0 Å². The van der Waals surface area contributed by atoms with Crippen molar-refractivity contribution in [3.8, 4) is 12.3 Å². The van der Waals surface area contributed by atoms with Crippen LogP contribution in [0.2, 0.25) is 0 Å². The fourth-order valence-electron chi connectivity index (χ4n) is 4.79. The Morgan fingerprint density at radius 1 is 0.528 bits per heavy atom. The Kier molecular flexibility index (Phi) is 113. The number of terminal acetylenes is 1. The molecule has 2 aromatic rings. The summed E-state index contributed by atoms with van der Waals surface area (Å²) in [6.07, 6.45) is 15.2. The van der Waals surface area contributed by atoms with Crippen LogP contribution in [-0.4, -0.2) is 229 Å². The van der Waals surface area contributed by atoms with Crippen LogP contribution in [0.5, 0.6) is 0 Å². The number of methoxy groups -OCH3 is 7. The molecule has 0 aliphatic rings. The number of nitrogens with zero attached hydrogens (tertiary/aromatic N) is 2. The van der Waals surface area contributed by atoms with Gasteiger partial charge in [0, 0.05) is 94.8 Å². The molecule has 1 atom stereocenters. The number of rotatable bonds is 44. The summed E-state index contributed by atoms with van der Waals surface area (Å²) < 4.78 is 75.2. The van der Waals surface area contributed by atoms with Gasteiger partial charge in [-0.1, -0.05) is 37.1 Å². The second kappa shape index (κ2) is 98.4. The molecule has 1 unspecified atom stereocenters. The molecule has 0 spiro atoms. The standard InChI is InChI=1S/2C9H13NO2.C7H17NO.C7H14O2.C7H16O2.C7H12O2.2C6H15NO.C5H13NO.C4H11NO/c1-11-5-6-12-8-9-3-2-4-10-7-9;1-11-6-7-12-8-9-4-2-3-5-10-9;1-7(2,3)9-6-5-8-4;1-7(2)6-9-5-4-8-3;1-8-6-4-3-5-7-9-2;1-4-7(2)9-6-5-8-3;1-6(2)8-5-4-7-3;1-3-5-8-6-4-7-2;1-3-7-5-4-6-2;1-5-3-4-6-2/h2-4,7H,5-6,8H2,1H3;2-5H,6-8H2,1H3;4-6,8H2,1-3H3;1,4-6H2,2-3H3;3-7H2,1-2H3;1,7H,5-6H2,2-3H3;6H,3-5,7H2,1-2H3;2-7H2,1H3;2-6H2,1H3;1,3-5H2,2H3. The third-order valence-electron chi connectivity index (χ3n) is 9.34. The van der Waals surface area contributed by atoms with Crippen LogP contribution in [0.1, 0.15) is 99.3 Å². The number of pyridine rings is 2. The lowest BCUT2D eigenvalue weighted by Gasteiger charge is -2.18. The van der Waals surface area contributed by atoms with E-state index >= 15 is 0 Å². The van der Waals surface area contributed by atoms with Gasteiger partial charge in [-0.15, -0.1) is 6.42 Å². The third kappa shape index (κ3) is 130. The summed E-state index contributed by atoms with van der Waals surface area (Å²) in [5.41, 5.74) is 3.09. The van der Waals surface area contributed by atoms with Gasteiger partial charge >= 0.3 is 0 Å². The second-order valence-corrected chi connectivity index (χ2v) is 19.6. The minimum Gasteiger partial charge on any atom is -0.477 e. The zero-order valence-corrected chi connectivity index (χ0v) is 59.5. The number of ether oxygens (including phenoxy) is 15. The highest BCUT2D eigenvalue weighted by Gasteiger charge is 2.08. The Morgan fingerprint density at radius 2 is 1.01 bits per heavy atom. The number of nitrogens with two attached hydrogens (primary N) is 5. The Bertz CT molecular complexity index is 1440. The average molecular weight is 1280 g/mol. The van der Waals surface area contributed by atoms with E-state index in [4.69, 9.17) is 77.5 Å². The van der Waals surface area contributed by atoms with Crippen LogP contribution >= 0.6 is 0 Å². The second-order valence-electron chi connectivity index (χ2n) is 19.6. The van der Waals surface area contributed by atoms with Gasteiger partial charge in [0.2, 0.25) is 0 Å². The van der Waals surface area contributed by atoms with Crippen molar-refractivity contribution < 1.29 is 97.6 Å². The van der Waals surface area contributed by atoms with E-state index in [0.29, 0.717) is 78.8 Å². The van der Waals surface area contributed by atoms with Crippen LogP contribution in [0, 0.1) is 47.6 Å². The molecule has 2 heterocycles. The van der Waals surface area contributed by atoms with Crippen LogP contribution in [0.25, 0.3) is 0 Å². The highest BCUT2D eigenvalue weighted by atomic mass is 16.5. The van der Waals surface area contributed by atoms with Crippen LogP contribution in [0.4, 0.5) is 0 Å². The van der Waals surface area contributed by atoms with E-state index in [1.54, 1.807) is 68.4 Å². The van der Waals surface area contributed by atoms with E-state index in [1.807, 2.05) is 91.5 Å². The highest BCUT2D eigenvalue weighted by Crippen LogP contribution is 2.04. The molecule has 22 heteroatoms. The maximum Gasteiger partial charge on any atom is 0.115 e. The molecule has 0 amide bonds. The maximum atomic E-state index is 5.40. The lowest BCUT2D eigenvalue weighted by atomic mass is 10.2. The summed E-state index contributed by atoms with van der Waals surface area (Å²) in [4.78, 5) is 8.08. The molecule has 22 nitrogen and oxygen atoms in total. The van der Waals surface area contributed by atoms with E-state index in [-0.39, 0.29) is 11.7 Å². The van der Waals surface area contributed by atoms with Gasteiger partial charge in [-0.25, -0.2) is 0 Å². The smallest absolute Gasteiger partial charge is 0.115 e. The lowest BCUT2D eigenvalue weighted by Crippen LogP contribution is -2.78. The number of aromatic nitrogens is 2. The highest BCUT2D eigenvalue weighted by molar-refractivity contribution is 5.06. The maximum absolute atomic E-state index is 5.40. The largest absolute Gasteiger partial charge is 0.477 e. The average Bonchev–Trinajstić information content (AvgIpc) is 3.61. The molecule has 0 saturated heterocycles. The lowest BCUT2D eigenvalue weighted by molar-refractivity contribution is -0.598. The predicted octanol–water partition coefficient (Wildman–Crippen LogP) is 3.89. The Hall–Kier alpha value is -3.20. The van der Waals surface area contributed by atoms with Gasteiger partial charge in [0.15, 0.2) is 0 Å². The molecule has 10 N–H and O–H groups in total. The molecule has 0 fully saturated rings. The van der Waals surface area contributed by atoms with Crippen LogP contribution in [-0.2, 0) is 84.3 Å². The fourth-order valence-corrected chi connectivity index (χ4v) is 4.79. The number of quaternary nitrogens is 5. The zero-order valence-electron chi connectivity index (χ0n) is 59.5. The molecule has 0 bridgehead atoms. The quantitative estimate of drug-likeness (QED) is 0.0273. The molecular weight excluding hydrogens is 1140 g/mol. The van der Waals surface area contributed by atoms with Crippen LogP contribution in [0.15, 0.2) is 61.1 Å². The van der Waals surface area contributed by atoms with Gasteiger partial charge in [-0.2, -0.15) is 35.2 Å². The van der Waals surface area contributed by atoms with E-state index in [1.165, 1.54) is 6.42 Å². The molecular formula is C67H139N7O15. The molecule has 0 radical (unpaired) electrons. The Balaban J connectivity index is -0.000000137. The van der Waals surface area contributed by atoms with Crippen molar-refractivity contribution in [2.75, 3.05) is 201 Å². The van der Waals surface area contributed by atoms with E-state index in [9.17, 15) is 0 Å². The Morgan fingerprint density at radius 3 is 1.43 bits per heavy atom. The van der Waals surface area contributed by atoms with Gasteiger partial charge in [0.1, 0.15) is 6.10 Å². The zero-order chi connectivity index (χ0) is 68.8. The molecule has 2 rings (SSSR count). The molecule has 0 aliphatic carbocycles. The van der Waals surface area contributed by atoms with Crippen LogP contribution < -0.4 is 26.6 Å². The summed E-state index contributed by atoms with van der Waals surface area (Å²) in [7, 11) is 29.6. The molecule has 2 aromatic heterocycles. The van der Waals surface area contributed by atoms with Gasteiger partial charge in [0.05, 0.1) is 156 Å². The minimum absolute atomic E-state index is 0.00299. The van der Waals surface area contributed by atoms with Crippen molar-refractivity contribution in [1.82, 2.24) is 9.97 Å². The van der Waals surface area contributed by atoms with Gasteiger partial charge in [-0.05, 0) is 105 Å². The first-order chi connectivity index (χ1) is 42.9. The van der Waals surface area contributed by atoms with Crippen molar-refractivity contribution in [3.05, 3.63) is 108 Å². The molecule has 532 valence electrons. The van der Waals surface area contributed by atoms with Crippen molar-refractivity contribution in [2.24, 2.45) is 0 Å². The molecule has 0 aromatic carbocycles.